The Labute approximate surface area is 70.6 Å². The number of anilines is 1. The van der Waals surface area contributed by atoms with Gasteiger partial charge >= 0.3 is 0 Å². The lowest BCUT2D eigenvalue weighted by molar-refractivity contribution is 0.992. The lowest BCUT2D eigenvalue weighted by atomic mass is 10.3. The summed E-state index contributed by atoms with van der Waals surface area (Å²) in [6.07, 6.45) is 0. The van der Waals surface area contributed by atoms with Gasteiger partial charge in [0.1, 0.15) is 5.82 Å². The highest BCUT2D eigenvalue weighted by Crippen LogP contribution is 2.15. The van der Waals surface area contributed by atoms with Crippen LogP contribution >= 0.6 is 11.6 Å². The van der Waals surface area contributed by atoms with Crippen molar-refractivity contribution in [2.75, 3.05) is 12.4 Å². The van der Waals surface area contributed by atoms with Gasteiger partial charge in [-0.15, -0.1) is 0 Å². The first kappa shape index (κ1) is 8.30. The molecule has 0 saturated heterocycles. The molecule has 0 aliphatic rings. The number of halogens is 1. The molecule has 0 unspecified atom stereocenters. The lowest BCUT2D eigenvalue weighted by Gasteiger charge is -2.02. The lowest BCUT2D eigenvalue weighted by Crippen LogP contribution is -2.02. The van der Waals surface area contributed by atoms with Crippen molar-refractivity contribution in [3.8, 4) is 0 Å². The minimum atomic E-state index is 0.369. The van der Waals surface area contributed by atoms with E-state index in [1.165, 1.54) is 0 Å². The van der Waals surface area contributed by atoms with Crippen LogP contribution in [0.5, 0.6) is 0 Å². The molecule has 4 heteroatoms. The Balaban J connectivity index is 3.02. The summed E-state index contributed by atoms with van der Waals surface area (Å²) in [5, 5.41) is 3.52. The van der Waals surface area contributed by atoms with Crippen LogP contribution in [0, 0.1) is 0 Å². The van der Waals surface area contributed by atoms with Crippen molar-refractivity contribution in [1.29, 1.82) is 0 Å². The third-order valence-electron chi connectivity index (χ3n) is 1.37. The van der Waals surface area contributed by atoms with Gasteiger partial charge in [0, 0.05) is 13.6 Å². The molecule has 0 aliphatic carbocycles. The van der Waals surface area contributed by atoms with Crippen LogP contribution in [0.25, 0.3) is 0 Å². The molecule has 1 aromatic heterocycles. The van der Waals surface area contributed by atoms with E-state index in [2.05, 4.69) is 10.3 Å². The number of hydrogen-bond donors (Lipinski definition) is 2. The molecule has 0 amide bonds. The van der Waals surface area contributed by atoms with Crippen molar-refractivity contribution in [2.45, 2.75) is 6.54 Å². The number of hydrogen-bond acceptors (Lipinski definition) is 3. The number of rotatable bonds is 2. The first-order valence-electron chi connectivity index (χ1n) is 3.31. The number of pyridine rings is 1. The van der Waals surface area contributed by atoms with Gasteiger partial charge in [-0.2, -0.15) is 0 Å². The van der Waals surface area contributed by atoms with E-state index in [0.29, 0.717) is 11.6 Å². The highest BCUT2D eigenvalue weighted by atomic mass is 35.5. The molecule has 1 rings (SSSR count). The van der Waals surface area contributed by atoms with Crippen molar-refractivity contribution in [1.82, 2.24) is 4.98 Å². The van der Waals surface area contributed by atoms with Gasteiger partial charge in [0.05, 0.1) is 10.7 Å². The van der Waals surface area contributed by atoms with Crippen molar-refractivity contribution < 1.29 is 0 Å². The van der Waals surface area contributed by atoms with Gasteiger partial charge in [-0.1, -0.05) is 11.6 Å². The van der Waals surface area contributed by atoms with Gasteiger partial charge in [0.25, 0.3) is 0 Å². The largest absolute Gasteiger partial charge is 0.373 e. The Hall–Kier alpha value is -0.800. The summed E-state index contributed by atoms with van der Waals surface area (Å²) in [4.78, 5) is 4.14. The van der Waals surface area contributed by atoms with Gasteiger partial charge in [-0.25, -0.2) is 4.98 Å². The first-order chi connectivity index (χ1) is 5.27. The minimum absolute atomic E-state index is 0.369. The van der Waals surface area contributed by atoms with Crippen LogP contribution in [0.4, 0.5) is 5.82 Å². The summed E-state index contributed by atoms with van der Waals surface area (Å²) in [6.45, 7) is 0.369. The predicted octanol–water partition coefficient (Wildman–Crippen LogP) is 1.24. The minimum Gasteiger partial charge on any atom is -0.373 e. The zero-order chi connectivity index (χ0) is 8.27. The quantitative estimate of drug-likeness (QED) is 0.704. The molecule has 3 N–H and O–H groups in total. The number of nitrogens with one attached hydrogen (secondary N) is 1. The maximum absolute atomic E-state index is 5.78. The molecule has 0 fully saturated rings. The fourth-order valence-corrected chi connectivity index (χ4v) is 0.949. The molecule has 11 heavy (non-hydrogen) atoms. The number of aromatic nitrogens is 1. The van der Waals surface area contributed by atoms with Crippen molar-refractivity contribution >= 4 is 17.4 Å². The van der Waals surface area contributed by atoms with Gasteiger partial charge in [0.15, 0.2) is 0 Å². The van der Waals surface area contributed by atoms with E-state index in [-0.39, 0.29) is 0 Å². The molecule has 1 aromatic rings. The predicted molar refractivity (Wildman–Crippen MR) is 46.7 cm³/mol. The van der Waals surface area contributed by atoms with E-state index in [9.17, 15) is 0 Å². The molecule has 0 saturated carbocycles. The van der Waals surface area contributed by atoms with E-state index in [1.807, 2.05) is 6.07 Å². The Morgan fingerprint density at radius 2 is 2.36 bits per heavy atom. The second-order valence-corrected chi connectivity index (χ2v) is 2.49. The third-order valence-corrected chi connectivity index (χ3v) is 1.71. The molecule has 0 spiro atoms. The standard InChI is InChI=1S/C7H10ClN3/c1-10-7-3-2-5(8)6(4-9)11-7/h2-3H,4,9H2,1H3,(H,10,11). The molecule has 0 aliphatic heterocycles. The maximum atomic E-state index is 5.78. The van der Waals surface area contributed by atoms with Crippen LogP contribution in [0.3, 0.4) is 0 Å². The van der Waals surface area contributed by atoms with Gasteiger partial charge in [-0.3, -0.25) is 0 Å². The number of nitrogens with zero attached hydrogens (tertiary/aromatic N) is 1. The van der Waals surface area contributed by atoms with E-state index < -0.39 is 0 Å². The summed E-state index contributed by atoms with van der Waals surface area (Å²) in [5.41, 5.74) is 6.12. The molecule has 0 aromatic carbocycles. The van der Waals surface area contributed by atoms with Crippen LogP contribution in [-0.2, 0) is 6.54 Å². The average Bonchev–Trinajstić information content (AvgIpc) is 2.05. The zero-order valence-electron chi connectivity index (χ0n) is 6.26. The Morgan fingerprint density at radius 1 is 1.64 bits per heavy atom. The fraction of sp³-hybridized carbons (Fsp3) is 0.286. The second kappa shape index (κ2) is 3.55. The summed E-state index contributed by atoms with van der Waals surface area (Å²) >= 11 is 5.78. The average molecular weight is 172 g/mol. The molecule has 0 bridgehead atoms. The van der Waals surface area contributed by atoms with E-state index in [0.717, 1.165) is 11.5 Å². The molecule has 1 heterocycles. The summed E-state index contributed by atoms with van der Waals surface area (Å²) in [7, 11) is 1.80. The Morgan fingerprint density at radius 3 is 2.91 bits per heavy atom. The highest BCUT2D eigenvalue weighted by Gasteiger charge is 1.99. The van der Waals surface area contributed by atoms with Crippen molar-refractivity contribution in [2.24, 2.45) is 5.73 Å². The third kappa shape index (κ3) is 1.82. The van der Waals surface area contributed by atoms with Crippen molar-refractivity contribution in [3.05, 3.63) is 22.8 Å². The molecular weight excluding hydrogens is 162 g/mol. The van der Waals surface area contributed by atoms with Gasteiger partial charge < -0.3 is 11.1 Å². The van der Waals surface area contributed by atoms with Crippen LogP contribution in [0.2, 0.25) is 5.02 Å². The first-order valence-corrected chi connectivity index (χ1v) is 3.69. The summed E-state index contributed by atoms with van der Waals surface area (Å²) in [5.74, 6) is 0.787. The van der Waals surface area contributed by atoms with Crippen LogP contribution in [0.15, 0.2) is 12.1 Å². The van der Waals surface area contributed by atoms with Crippen molar-refractivity contribution in [3.63, 3.8) is 0 Å². The van der Waals surface area contributed by atoms with E-state index in [4.69, 9.17) is 17.3 Å². The molecule has 3 nitrogen and oxygen atoms in total. The molecule has 0 atom stereocenters. The summed E-state index contributed by atoms with van der Waals surface area (Å²) < 4.78 is 0. The smallest absolute Gasteiger partial charge is 0.126 e. The van der Waals surface area contributed by atoms with Crippen LogP contribution in [-0.4, -0.2) is 12.0 Å². The second-order valence-electron chi connectivity index (χ2n) is 2.08. The van der Waals surface area contributed by atoms with Crippen LogP contribution < -0.4 is 11.1 Å². The van der Waals surface area contributed by atoms with Gasteiger partial charge in [0.2, 0.25) is 0 Å². The highest BCUT2D eigenvalue weighted by molar-refractivity contribution is 6.31. The van der Waals surface area contributed by atoms with E-state index in [1.54, 1.807) is 13.1 Å². The normalized spacial score (nSPS) is 9.73. The molecule has 60 valence electrons. The van der Waals surface area contributed by atoms with Gasteiger partial charge in [-0.05, 0) is 12.1 Å². The fourth-order valence-electron chi connectivity index (χ4n) is 0.767. The SMILES string of the molecule is CNc1ccc(Cl)c(CN)n1. The topological polar surface area (TPSA) is 50.9 Å². The summed E-state index contributed by atoms with van der Waals surface area (Å²) in [6, 6.07) is 3.59. The Bertz CT molecular complexity index is 249. The molecule has 0 radical (unpaired) electrons. The number of nitrogens with two attached hydrogens (primary N) is 1. The van der Waals surface area contributed by atoms with E-state index >= 15 is 0 Å². The molecular formula is C7H10ClN3. The zero-order valence-corrected chi connectivity index (χ0v) is 7.02. The van der Waals surface area contributed by atoms with Crippen LogP contribution in [0.1, 0.15) is 5.69 Å². The Kier molecular flexibility index (Phi) is 2.68. The maximum Gasteiger partial charge on any atom is 0.126 e. The monoisotopic (exact) mass is 171 g/mol.